The summed E-state index contributed by atoms with van der Waals surface area (Å²) < 4.78 is 7.41. The van der Waals surface area contributed by atoms with Gasteiger partial charge in [0.1, 0.15) is 11.5 Å². The number of benzene rings is 3. The molecule has 0 amide bonds. The molecule has 1 aliphatic rings. The fraction of sp³-hybridized carbons (Fsp3) is 0. The van der Waals surface area contributed by atoms with Crippen molar-refractivity contribution in [3.8, 4) is 22.6 Å². The normalized spacial score (nSPS) is 12.2. The highest BCUT2D eigenvalue weighted by atomic mass is 127. The minimum Gasteiger partial charge on any atom is -0.454 e. The van der Waals surface area contributed by atoms with E-state index in [2.05, 4.69) is 71.1 Å². The SMILES string of the molecule is Ic1ccc(-c2cccc3c2Oc2ccccc2S3)cc1. The number of rotatable bonds is 1. The van der Waals surface area contributed by atoms with Crippen LogP contribution in [0.5, 0.6) is 11.5 Å². The zero-order chi connectivity index (χ0) is 14.2. The van der Waals surface area contributed by atoms with Gasteiger partial charge in [-0.3, -0.25) is 0 Å². The van der Waals surface area contributed by atoms with Crippen molar-refractivity contribution in [1.82, 2.24) is 0 Å². The zero-order valence-electron chi connectivity index (χ0n) is 11.0. The van der Waals surface area contributed by atoms with Gasteiger partial charge in [0.05, 0.1) is 9.79 Å². The van der Waals surface area contributed by atoms with Crippen molar-refractivity contribution in [2.24, 2.45) is 0 Å². The molecule has 21 heavy (non-hydrogen) atoms. The molecule has 0 saturated heterocycles. The lowest BCUT2D eigenvalue weighted by Gasteiger charge is -2.22. The maximum absolute atomic E-state index is 6.17. The summed E-state index contributed by atoms with van der Waals surface area (Å²) in [5, 5.41) is 0. The van der Waals surface area contributed by atoms with Gasteiger partial charge in [0.2, 0.25) is 0 Å². The number of para-hydroxylation sites is 2. The molecule has 0 spiro atoms. The summed E-state index contributed by atoms with van der Waals surface area (Å²) in [7, 11) is 0. The molecule has 1 aliphatic heterocycles. The minimum atomic E-state index is 0.938. The first-order valence-corrected chi connectivity index (χ1v) is 8.54. The molecular weight excluding hydrogens is 391 g/mol. The summed E-state index contributed by atoms with van der Waals surface area (Å²) in [6.07, 6.45) is 0. The topological polar surface area (TPSA) is 9.23 Å². The van der Waals surface area contributed by atoms with E-state index in [0.29, 0.717) is 0 Å². The fourth-order valence-electron chi connectivity index (χ4n) is 2.41. The maximum Gasteiger partial charge on any atom is 0.149 e. The number of hydrogen-bond donors (Lipinski definition) is 0. The molecule has 1 heterocycles. The highest BCUT2D eigenvalue weighted by Crippen LogP contribution is 2.50. The van der Waals surface area contributed by atoms with Crippen LogP contribution >= 0.6 is 34.4 Å². The van der Waals surface area contributed by atoms with Crippen molar-refractivity contribution in [2.45, 2.75) is 9.79 Å². The molecule has 0 unspecified atom stereocenters. The lowest BCUT2D eigenvalue weighted by Crippen LogP contribution is -1.96. The zero-order valence-corrected chi connectivity index (χ0v) is 14.0. The molecule has 0 bridgehead atoms. The monoisotopic (exact) mass is 402 g/mol. The predicted octanol–water partition coefficient (Wildman–Crippen LogP) is 6.22. The van der Waals surface area contributed by atoms with Gasteiger partial charge in [-0.05, 0) is 58.5 Å². The van der Waals surface area contributed by atoms with Gasteiger partial charge >= 0.3 is 0 Å². The van der Waals surface area contributed by atoms with Gasteiger partial charge in [0.15, 0.2) is 0 Å². The number of ether oxygens (including phenoxy) is 1. The molecule has 0 atom stereocenters. The molecule has 0 N–H and O–H groups in total. The summed E-state index contributed by atoms with van der Waals surface area (Å²) in [6, 6.07) is 23.0. The number of halogens is 1. The summed E-state index contributed by atoms with van der Waals surface area (Å²) >= 11 is 4.09. The second-order valence-electron chi connectivity index (χ2n) is 4.79. The Balaban J connectivity index is 1.84. The van der Waals surface area contributed by atoms with Gasteiger partial charge in [-0.25, -0.2) is 0 Å². The van der Waals surface area contributed by atoms with Crippen LogP contribution in [-0.2, 0) is 0 Å². The van der Waals surface area contributed by atoms with Gasteiger partial charge in [0.25, 0.3) is 0 Å². The molecule has 0 aliphatic carbocycles. The Hall–Kier alpha value is -1.46. The van der Waals surface area contributed by atoms with E-state index in [-0.39, 0.29) is 0 Å². The molecule has 3 heteroatoms. The average Bonchev–Trinajstić information content (AvgIpc) is 2.53. The first-order valence-electron chi connectivity index (χ1n) is 6.65. The van der Waals surface area contributed by atoms with Crippen LogP contribution in [0.3, 0.4) is 0 Å². The van der Waals surface area contributed by atoms with E-state index in [1.54, 1.807) is 11.8 Å². The highest BCUT2D eigenvalue weighted by molar-refractivity contribution is 14.1. The van der Waals surface area contributed by atoms with E-state index < -0.39 is 0 Å². The van der Waals surface area contributed by atoms with E-state index in [1.165, 1.54) is 18.9 Å². The van der Waals surface area contributed by atoms with Crippen LogP contribution in [-0.4, -0.2) is 0 Å². The Labute approximate surface area is 141 Å². The Morgan fingerprint density at radius 1 is 0.762 bits per heavy atom. The van der Waals surface area contributed by atoms with Crippen LogP contribution in [0.15, 0.2) is 76.5 Å². The molecule has 0 radical (unpaired) electrons. The molecular formula is C18H11IOS. The predicted molar refractivity (Wildman–Crippen MR) is 95.2 cm³/mol. The highest BCUT2D eigenvalue weighted by Gasteiger charge is 2.20. The summed E-state index contributed by atoms with van der Waals surface area (Å²) in [4.78, 5) is 2.34. The lowest BCUT2D eigenvalue weighted by atomic mass is 10.0. The van der Waals surface area contributed by atoms with Crippen molar-refractivity contribution in [3.05, 3.63) is 70.3 Å². The number of hydrogen-bond acceptors (Lipinski definition) is 2. The van der Waals surface area contributed by atoms with Crippen molar-refractivity contribution in [3.63, 3.8) is 0 Å². The molecule has 0 aromatic heterocycles. The van der Waals surface area contributed by atoms with E-state index in [4.69, 9.17) is 4.74 Å². The fourth-order valence-corrected chi connectivity index (χ4v) is 3.75. The van der Waals surface area contributed by atoms with E-state index in [0.717, 1.165) is 17.1 Å². The van der Waals surface area contributed by atoms with E-state index in [9.17, 15) is 0 Å². The molecule has 3 aromatic rings. The van der Waals surface area contributed by atoms with Crippen LogP contribution in [0.1, 0.15) is 0 Å². The Morgan fingerprint density at radius 2 is 1.52 bits per heavy atom. The van der Waals surface area contributed by atoms with Crippen LogP contribution in [0.4, 0.5) is 0 Å². The van der Waals surface area contributed by atoms with Crippen molar-refractivity contribution in [2.75, 3.05) is 0 Å². The number of fused-ring (bicyclic) bond motifs is 2. The molecule has 4 rings (SSSR count). The quantitative estimate of drug-likeness (QED) is 0.350. The standard InChI is InChI=1S/C18H11IOS/c19-13-10-8-12(9-11-13)14-4-3-7-17-18(14)20-15-5-1-2-6-16(15)21-17/h1-11H. The molecule has 0 fully saturated rings. The third kappa shape index (κ3) is 2.45. The van der Waals surface area contributed by atoms with Crippen LogP contribution < -0.4 is 4.74 Å². The summed E-state index contributed by atoms with van der Waals surface area (Å²) in [6.45, 7) is 0. The van der Waals surface area contributed by atoms with Gasteiger partial charge in [0, 0.05) is 9.13 Å². The van der Waals surface area contributed by atoms with Crippen molar-refractivity contribution < 1.29 is 4.74 Å². The van der Waals surface area contributed by atoms with Gasteiger partial charge < -0.3 is 4.74 Å². The first-order chi connectivity index (χ1) is 10.3. The Bertz CT molecular complexity index is 812. The molecule has 0 saturated carbocycles. The second kappa shape index (κ2) is 5.39. The van der Waals surface area contributed by atoms with Gasteiger partial charge in [-0.2, -0.15) is 0 Å². The van der Waals surface area contributed by atoms with E-state index in [1.807, 2.05) is 18.2 Å². The maximum atomic E-state index is 6.17. The molecule has 102 valence electrons. The summed E-state index contributed by atoms with van der Waals surface area (Å²) in [5.41, 5.74) is 2.33. The van der Waals surface area contributed by atoms with Crippen molar-refractivity contribution in [1.29, 1.82) is 0 Å². The summed E-state index contributed by atoms with van der Waals surface area (Å²) in [5.74, 6) is 1.90. The van der Waals surface area contributed by atoms with Crippen LogP contribution in [0.25, 0.3) is 11.1 Å². The van der Waals surface area contributed by atoms with E-state index >= 15 is 0 Å². The largest absolute Gasteiger partial charge is 0.454 e. The van der Waals surface area contributed by atoms with Gasteiger partial charge in [-0.15, -0.1) is 0 Å². The molecule has 1 nitrogen and oxygen atoms in total. The van der Waals surface area contributed by atoms with Crippen LogP contribution in [0.2, 0.25) is 0 Å². The van der Waals surface area contributed by atoms with Crippen molar-refractivity contribution >= 4 is 34.4 Å². The van der Waals surface area contributed by atoms with Crippen LogP contribution in [0, 0.1) is 3.57 Å². The Kier molecular flexibility index (Phi) is 3.39. The second-order valence-corrected chi connectivity index (χ2v) is 7.12. The third-order valence-electron chi connectivity index (χ3n) is 3.42. The first kappa shape index (κ1) is 13.2. The molecule has 3 aromatic carbocycles. The Morgan fingerprint density at radius 3 is 2.38 bits per heavy atom. The smallest absolute Gasteiger partial charge is 0.149 e. The third-order valence-corrected chi connectivity index (χ3v) is 5.23. The minimum absolute atomic E-state index is 0.938. The lowest BCUT2D eigenvalue weighted by molar-refractivity contribution is 0.456. The van der Waals surface area contributed by atoms with Gasteiger partial charge in [-0.1, -0.05) is 48.2 Å². The average molecular weight is 402 g/mol.